The summed E-state index contributed by atoms with van der Waals surface area (Å²) in [5.41, 5.74) is 15.0. The van der Waals surface area contributed by atoms with E-state index in [4.69, 9.17) is 8.22 Å². The van der Waals surface area contributed by atoms with Gasteiger partial charge in [0.15, 0.2) is 0 Å². The number of para-hydroxylation sites is 4. The maximum Gasteiger partial charge on any atom is 0.0645 e. The second kappa shape index (κ2) is 13.3. The second-order valence-corrected chi connectivity index (χ2v) is 17.4. The van der Waals surface area contributed by atoms with Crippen molar-refractivity contribution in [3.05, 3.63) is 203 Å². The number of aromatic nitrogens is 2. The number of nitrogens with zero attached hydrogens (tertiary/aromatic N) is 4. The van der Waals surface area contributed by atoms with Crippen LogP contribution in [0.2, 0.25) is 0 Å². The van der Waals surface area contributed by atoms with Crippen LogP contribution < -0.4 is 9.80 Å². The Bertz CT molecular complexity index is 4250. The molecule has 4 heteroatoms. The fraction of sp³-hybridized carbons (Fsp3) is 0.100. The van der Waals surface area contributed by atoms with Crippen molar-refractivity contribution in [2.45, 2.75) is 41.5 Å². The molecule has 9 aromatic carbocycles. The number of anilines is 6. The lowest BCUT2D eigenvalue weighted by molar-refractivity contribution is 1.21. The number of rotatable bonds is 6. The van der Waals surface area contributed by atoms with Crippen molar-refractivity contribution in [2.24, 2.45) is 0 Å². The predicted octanol–water partition coefficient (Wildman–Crippen LogP) is 16.8. The van der Waals surface area contributed by atoms with Gasteiger partial charge in [0, 0.05) is 77.2 Å². The van der Waals surface area contributed by atoms with Crippen LogP contribution in [-0.2, 0) is 0 Å². The summed E-state index contributed by atoms with van der Waals surface area (Å²) in [7, 11) is 0. The summed E-state index contributed by atoms with van der Waals surface area (Å²) >= 11 is 0. The third-order valence-electron chi connectivity index (χ3n) is 14.0. The molecule has 0 aliphatic rings. The van der Waals surface area contributed by atoms with Crippen LogP contribution >= 0.6 is 0 Å². The van der Waals surface area contributed by atoms with Gasteiger partial charge in [0.25, 0.3) is 0 Å². The number of hydrogen-bond donors (Lipinski definition) is 0. The van der Waals surface area contributed by atoms with Gasteiger partial charge in [-0.3, -0.25) is 0 Å². The van der Waals surface area contributed by atoms with E-state index in [0.29, 0.717) is 22.7 Å². The summed E-state index contributed by atoms with van der Waals surface area (Å²) < 4.78 is 92.9. The van der Waals surface area contributed by atoms with Gasteiger partial charge in [-0.25, -0.2) is 0 Å². The van der Waals surface area contributed by atoms with Gasteiger partial charge in [-0.2, -0.15) is 0 Å². The molecule has 0 saturated carbocycles. The predicted molar refractivity (Wildman–Crippen MR) is 274 cm³/mol. The highest BCUT2D eigenvalue weighted by molar-refractivity contribution is 6.29. The maximum atomic E-state index is 9.17. The summed E-state index contributed by atoms with van der Waals surface area (Å²) in [5, 5.41) is 8.35. The summed E-state index contributed by atoms with van der Waals surface area (Å²) in [5.74, 6) is 0. The van der Waals surface area contributed by atoms with Crippen LogP contribution in [0.15, 0.2) is 170 Å². The van der Waals surface area contributed by atoms with E-state index in [1.54, 1.807) is 9.80 Å². The minimum atomic E-state index is -0.448. The number of benzene rings is 9. The Hall–Kier alpha value is -7.82. The molecule has 64 heavy (non-hydrogen) atoms. The number of aryl methyl sites for hydroxylation is 4. The van der Waals surface area contributed by atoms with Crippen LogP contribution in [0.5, 0.6) is 0 Å². The molecule has 4 nitrogen and oxygen atoms in total. The van der Waals surface area contributed by atoms with E-state index in [1.165, 1.54) is 0 Å². The standard InChI is InChI=1S/C60H46N4/c1-35-27-45(28-36(2)39(35)5)61(41-15-9-7-10-16-41)43-23-25-47-49-19-13-21-51-53-34-58-54(33-57(53)63(59(49)51)55(47)31-43)52-22-14-20-50-48-26-24-44(32-56(48)64(58)60(50)52)62(42-17-11-8-12-18-42)46-29-37(3)40(6)38(4)30-46/h7-34H,1-6H3/i7D,8D,9D,10D,11D,12D,15D,16D,17D,18D. The highest BCUT2D eigenvalue weighted by Gasteiger charge is 2.25. The molecular weight excluding hydrogens is 777 g/mol. The third kappa shape index (κ3) is 5.05. The van der Waals surface area contributed by atoms with E-state index in [1.807, 2.05) is 64.1 Å². The molecule has 0 aliphatic heterocycles. The first-order chi connectivity index (χ1) is 35.4. The van der Waals surface area contributed by atoms with Crippen LogP contribution in [0.1, 0.15) is 47.1 Å². The second-order valence-electron chi connectivity index (χ2n) is 17.4. The van der Waals surface area contributed by atoms with Gasteiger partial charge < -0.3 is 18.6 Å². The first kappa shape index (κ1) is 28.0. The molecule has 0 N–H and O–H groups in total. The molecule has 4 aromatic heterocycles. The summed E-state index contributed by atoms with van der Waals surface area (Å²) in [6.07, 6.45) is 0. The molecule has 0 bridgehead atoms. The zero-order valence-electron chi connectivity index (χ0n) is 46.2. The van der Waals surface area contributed by atoms with Gasteiger partial charge >= 0.3 is 0 Å². The molecule has 0 atom stereocenters. The van der Waals surface area contributed by atoms with Gasteiger partial charge in [0.05, 0.1) is 46.8 Å². The zero-order chi connectivity index (χ0) is 51.8. The van der Waals surface area contributed by atoms with E-state index in [-0.39, 0.29) is 35.5 Å². The lowest BCUT2D eigenvalue weighted by Gasteiger charge is -2.27. The molecule has 306 valence electrons. The minimum absolute atomic E-state index is 0.0698. The van der Waals surface area contributed by atoms with Gasteiger partial charge in [-0.15, -0.1) is 0 Å². The van der Waals surface area contributed by atoms with Gasteiger partial charge in [-0.1, -0.05) is 84.8 Å². The third-order valence-corrected chi connectivity index (χ3v) is 14.0. The molecule has 0 fully saturated rings. The smallest absolute Gasteiger partial charge is 0.0645 e. The van der Waals surface area contributed by atoms with Crippen LogP contribution in [0, 0.1) is 41.5 Å². The normalized spacial score (nSPS) is 14.4. The Balaban J connectivity index is 1.09. The Morgan fingerprint density at radius 2 is 0.672 bits per heavy atom. The van der Waals surface area contributed by atoms with Gasteiger partial charge in [0.1, 0.15) is 0 Å². The van der Waals surface area contributed by atoms with Crippen molar-refractivity contribution in [2.75, 3.05) is 9.80 Å². The molecule has 13 aromatic rings. The lowest BCUT2D eigenvalue weighted by atomic mass is 10.0. The van der Waals surface area contributed by atoms with E-state index < -0.39 is 36.3 Å². The maximum absolute atomic E-state index is 9.17. The Morgan fingerprint density at radius 3 is 1.05 bits per heavy atom. The van der Waals surface area contributed by atoms with Crippen molar-refractivity contribution >= 4 is 110 Å². The van der Waals surface area contributed by atoms with Crippen LogP contribution in [0.25, 0.3) is 76.2 Å². The van der Waals surface area contributed by atoms with Crippen molar-refractivity contribution in [3.8, 4) is 0 Å². The summed E-state index contributed by atoms with van der Waals surface area (Å²) in [6.45, 7) is 12.2. The van der Waals surface area contributed by atoms with Crippen LogP contribution in [0.4, 0.5) is 34.1 Å². The molecule has 0 saturated heterocycles. The monoisotopic (exact) mass is 832 g/mol. The van der Waals surface area contributed by atoms with E-state index in [9.17, 15) is 5.48 Å². The van der Waals surface area contributed by atoms with Crippen molar-refractivity contribution in [3.63, 3.8) is 0 Å². The fourth-order valence-corrected chi connectivity index (χ4v) is 10.5. The van der Waals surface area contributed by atoms with E-state index in [0.717, 1.165) is 110 Å². The molecule has 0 unspecified atom stereocenters. The molecule has 0 amide bonds. The highest BCUT2D eigenvalue weighted by atomic mass is 15.1. The molecule has 0 aliphatic carbocycles. The summed E-state index contributed by atoms with van der Waals surface area (Å²) in [4.78, 5) is 3.61. The molecule has 4 heterocycles. The van der Waals surface area contributed by atoms with Crippen LogP contribution in [-0.4, -0.2) is 8.80 Å². The van der Waals surface area contributed by atoms with Gasteiger partial charge in [-0.05, 0) is 160 Å². The number of hydrogen-bond acceptors (Lipinski definition) is 2. The molecule has 0 radical (unpaired) electrons. The lowest BCUT2D eigenvalue weighted by Crippen LogP contribution is -2.11. The fourth-order valence-electron chi connectivity index (χ4n) is 10.5. The average Bonchev–Trinajstić information content (AvgIpc) is 4.12. The SMILES string of the molecule is [2H]c1c([2H])c([2H])c(N(c2cc(C)c(C)c(C)c2)c2ccc3c4cccc5c6cc7c(cc6n(c3c2)c45)c2cccc3c4ccc(N(c5cc(C)c(C)c(C)c5)c5c([2H])c([2H])c([2H])c([2H])c5[2H])cc4n7c32)c([2H])c1[2H]. The molecule has 13 rings (SSSR count). The quantitative estimate of drug-likeness (QED) is 0.166. The van der Waals surface area contributed by atoms with Crippen LogP contribution in [0.3, 0.4) is 0 Å². The average molecular weight is 833 g/mol. The van der Waals surface area contributed by atoms with Crippen molar-refractivity contribution < 1.29 is 13.7 Å². The van der Waals surface area contributed by atoms with E-state index >= 15 is 0 Å². The minimum Gasteiger partial charge on any atom is -0.310 e. The Morgan fingerprint density at radius 1 is 0.328 bits per heavy atom. The largest absolute Gasteiger partial charge is 0.310 e. The Kier molecular flexibility index (Phi) is 5.83. The first-order valence-corrected chi connectivity index (χ1v) is 21.6. The highest BCUT2D eigenvalue weighted by Crippen LogP contribution is 2.47. The molecular formula is C60H46N4. The topological polar surface area (TPSA) is 15.3 Å². The number of fused-ring (bicyclic) bond motifs is 12. The van der Waals surface area contributed by atoms with Crippen molar-refractivity contribution in [1.29, 1.82) is 0 Å². The first-order valence-electron chi connectivity index (χ1n) is 26.6. The zero-order valence-corrected chi connectivity index (χ0v) is 36.2. The van der Waals surface area contributed by atoms with E-state index in [2.05, 4.69) is 95.4 Å². The van der Waals surface area contributed by atoms with Crippen molar-refractivity contribution in [1.82, 2.24) is 8.80 Å². The molecule has 0 spiro atoms. The van der Waals surface area contributed by atoms with Gasteiger partial charge in [0.2, 0.25) is 0 Å². The Labute approximate surface area is 386 Å². The summed E-state index contributed by atoms with van der Waals surface area (Å²) in [6, 6.07) is 33.9.